The molecular formula is C10H10N3O2S. The highest BCUT2D eigenvalue weighted by Crippen LogP contribution is 2.24. The van der Waals surface area contributed by atoms with Crippen LogP contribution in [0, 0.1) is 5.51 Å². The standard InChI is InChI=1S/C10H10N3O2S/c1-2-15-8(14)5-7-9(16-6-13-7)10-11-3-4-12-10/h3-4H,2,5H2,1H3,(H,11,12). The molecule has 0 amide bonds. The van der Waals surface area contributed by atoms with Crippen molar-refractivity contribution in [2.24, 2.45) is 0 Å². The minimum absolute atomic E-state index is 0.157. The van der Waals surface area contributed by atoms with Gasteiger partial charge in [-0.2, -0.15) is 0 Å². The van der Waals surface area contributed by atoms with Crippen LogP contribution in [0.2, 0.25) is 0 Å². The van der Waals surface area contributed by atoms with Gasteiger partial charge in [0.25, 0.3) is 0 Å². The van der Waals surface area contributed by atoms with Gasteiger partial charge >= 0.3 is 5.97 Å². The summed E-state index contributed by atoms with van der Waals surface area (Å²) in [5, 5.41) is 0. The lowest BCUT2D eigenvalue weighted by Crippen LogP contribution is -2.08. The first-order valence-corrected chi connectivity index (χ1v) is 5.64. The molecule has 83 valence electrons. The zero-order chi connectivity index (χ0) is 11.4. The van der Waals surface area contributed by atoms with Crippen molar-refractivity contribution in [1.82, 2.24) is 15.0 Å². The molecule has 2 aromatic heterocycles. The first-order valence-electron chi connectivity index (χ1n) is 4.82. The highest BCUT2D eigenvalue weighted by atomic mass is 32.1. The van der Waals surface area contributed by atoms with Gasteiger partial charge in [0, 0.05) is 12.4 Å². The van der Waals surface area contributed by atoms with Crippen LogP contribution in [0.4, 0.5) is 0 Å². The molecule has 1 N–H and O–H groups in total. The molecule has 5 nitrogen and oxygen atoms in total. The summed E-state index contributed by atoms with van der Waals surface area (Å²) in [6.07, 6.45) is 3.54. The quantitative estimate of drug-likeness (QED) is 0.815. The predicted molar refractivity (Wildman–Crippen MR) is 58.9 cm³/mol. The van der Waals surface area contributed by atoms with Crippen LogP contribution in [-0.4, -0.2) is 27.5 Å². The van der Waals surface area contributed by atoms with Crippen LogP contribution < -0.4 is 0 Å². The summed E-state index contributed by atoms with van der Waals surface area (Å²) >= 11 is 1.33. The van der Waals surface area contributed by atoms with Gasteiger partial charge in [-0.15, -0.1) is 11.3 Å². The Hall–Kier alpha value is -1.69. The van der Waals surface area contributed by atoms with E-state index in [4.69, 9.17) is 4.74 Å². The number of rotatable bonds is 4. The lowest BCUT2D eigenvalue weighted by Gasteiger charge is -2.00. The molecule has 0 unspecified atom stereocenters. The number of thiazole rings is 1. The molecular weight excluding hydrogens is 226 g/mol. The minimum atomic E-state index is -0.283. The van der Waals surface area contributed by atoms with Crippen molar-refractivity contribution in [3.05, 3.63) is 23.6 Å². The van der Waals surface area contributed by atoms with Crippen molar-refractivity contribution >= 4 is 17.3 Å². The number of imidazole rings is 1. The topological polar surface area (TPSA) is 67.9 Å². The van der Waals surface area contributed by atoms with Crippen LogP contribution in [0.1, 0.15) is 12.6 Å². The van der Waals surface area contributed by atoms with Gasteiger partial charge in [0.2, 0.25) is 0 Å². The maximum absolute atomic E-state index is 11.3. The number of nitrogens with one attached hydrogen (secondary N) is 1. The van der Waals surface area contributed by atoms with Crippen molar-refractivity contribution < 1.29 is 9.53 Å². The maximum Gasteiger partial charge on any atom is 0.311 e. The zero-order valence-electron chi connectivity index (χ0n) is 8.69. The summed E-state index contributed by atoms with van der Waals surface area (Å²) in [4.78, 5) is 23.3. The van der Waals surface area contributed by atoms with E-state index in [9.17, 15) is 4.79 Å². The van der Waals surface area contributed by atoms with E-state index in [-0.39, 0.29) is 12.4 Å². The Bertz CT molecular complexity index is 464. The number of carbonyl (C=O) groups is 1. The molecule has 0 aromatic carbocycles. The normalized spacial score (nSPS) is 10.3. The Morgan fingerprint density at radius 3 is 3.25 bits per heavy atom. The summed E-state index contributed by atoms with van der Waals surface area (Å²) in [6, 6.07) is 0. The molecule has 0 bridgehead atoms. The van der Waals surface area contributed by atoms with Crippen LogP contribution in [0.25, 0.3) is 10.7 Å². The number of hydrogen-bond donors (Lipinski definition) is 1. The van der Waals surface area contributed by atoms with Crippen molar-refractivity contribution in [3.63, 3.8) is 0 Å². The van der Waals surface area contributed by atoms with Crippen molar-refractivity contribution in [2.45, 2.75) is 13.3 Å². The molecule has 2 heterocycles. The summed E-state index contributed by atoms with van der Waals surface area (Å²) in [6.45, 7) is 2.15. The molecule has 16 heavy (non-hydrogen) atoms. The SMILES string of the molecule is CCOC(=O)Cc1n[c]sc1-c1ncc[nH]1. The van der Waals surface area contributed by atoms with E-state index < -0.39 is 0 Å². The molecule has 2 rings (SSSR count). The van der Waals surface area contributed by atoms with Crippen LogP contribution in [0.3, 0.4) is 0 Å². The number of carbonyl (C=O) groups excluding carboxylic acids is 1. The largest absolute Gasteiger partial charge is 0.466 e. The molecule has 0 atom stereocenters. The van der Waals surface area contributed by atoms with Gasteiger partial charge in [-0.3, -0.25) is 4.79 Å². The van der Waals surface area contributed by atoms with E-state index in [1.807, 2.05) is 0 Å². The Balaban J connectivity index is 2.17. The van der Waals surface area contributed by atoms with E-state index in [2.05, 4.69) is 20.5 Å². The molecule has 0 aliphatic heterocycles. The van der Waals surface area contributed by atoms with Gasteiger partial charge in [0.1, 0.15) is 5.82 Å². The Labute approximate surface area is 96.5 Å². The number of nitrogens with zero attached hydrogens (tertiary/aromatic N) is 2. The summed E-state index contributed by atoms with van der Waals surface area (Å²) in [5.41, 5.74) is 3.41. The van der Waals surface area contributed by atoms with Gasteiger partial charge < -0.3 is 9.72 Å². The van der Waals surface area contributed by atoms with Gasteiger partial charge in [-0.25, -0.2) is 9.97 Å². The van der Waals surface area contributed by atoms with E-state index in [1.165, 1.54) is 11.3 Å². The van der Waals surface area contributed by atoms with Gasteiger partial charge in [0.05, 0.1) is 23.6 Å². The number of aromatic amines is 1. The summed E-state index contributed by atoms with van der Waals surface area (Å²) < 4.78 is 4.87. The number of ether oxygens (including phenoxy) is 1. The fourth-order valence-corrected chi connectivity index (χ4v) is 1.97. The van der Waals surface area contributed by atoms with E-state index in [0.717, 1.165) is 4.88 Å². The predicted octanol–water partition coefficient (Wildman–Crippen LogP) is 1.44. The third kappa shape index (κ3) is 2.27. The van der Waals surface area contributed by atoms with Gasteiger partial charge in [-0.1, -0.05) is 0 Å². The highest BCUT2D eigenvalue weighted by Gasteiger charge is 2.14. The Morgan fingerprint density at radius 2 is 2.56 bits per heavy atom. The first-order chi connectivity index (χ1) is 7.81. The van der Waals surface area contributed by atoms with E-state index in [0.29, 0.717) is 18.1 Å². The molecule has 1 radical (unpaired) electrons. The Morgan fingerprint density at radius 1 is 1.69 bits per heavy atom. The van der Waals surface area contributed by atoms with E-state index >= 15 is 0 Å². The summed E-state index contributed by atoms with van der Waals surface area (Å²) in [7, 11) is 0. The molecule has 0 spiro atoms. The maximum atomic E-state index is 11.3. The molecule has 0 aliphatic rings. The lowest BCUT2D eigenvalue weighted by molar-refractivity contribution is -0.142. The minimum Gasteiger partial charge on any atom is -0.466 e. The van der Waals surface area contributed by atoms with Crippen molar-refractivity contribution in [1.29, 1.82) is 0 Å². The monoisotopic (exact) mass is 236 g/mol. The van der Waals surface area contributed by atoms with Crippen molar-refractivity contribution in [3.8, 4) is 10.7 Å². The smallest absolute Gasteiger partial charge is 0.311 e. The first kappa shape index (κ1) is 10.8. The fourth-order valence-electron chi connectivity index (χ4n) is 1.28. The van der Waals surface area contributed by atoms with Crippen LogP contribution in [0.5, 0.6) is 0 Å². The zero-order valence-corrected chi connectivity index (χ0v) is 9.50. The average molecular weight is 236 g/mol. The average Bonchev–Trinajstić information content (AvgIpc) is 2.86. The number of H-pyrrole nitrogens is 1. The lowest BCUT2D eigenvalue weighted by atomic mass is 10.2. The number of aromatic nitrogens is 3. The van der Waals surface area contributed by atoms with Crippen LogP contribution >= 0.6 is 11.3 Å². The van der Waals surface area contributed by atoms with Crippen LogP contribution in [0.15, 0.2) is 12.4 Å². The molecule has 6 heteroatoms. The molecule has 0 aliphatic carbocycles. The fraction of sp³-hybridized carbons (Fsp3) is 0.300. The second-order valence-electron chi connectivity index (χ2n) is 3.00. The third-order valence-electron chi connectivity index (χ3n) is 1.92. The number of esters is 1. The van der Waals surface area contributed by atoms with Crippen LogP contribution in [-0.2, 0) is 16.0 Å². The third-order valence-corrected chi connectivity index (χ3v) is 2.74. The molecule has 0 fully saturated rings. The molecule has 0 saturated carbocycles. The highest BCUT2D eigenvalue weighted by molar-refractivity contribution is 7.12. The number of hydrogen-bond acceptors (Lipinski definition) is 5. The molecule has 2 aromatic rings. The van der Waals surface area contributed by atoms with Gasteiger partial charge in [-0.05, 0) is 6.92 Å². The molecule has 0 saturated heterocycles. The second-order valence-corrected chi connectivity index (χ2v) is 3.80. The van der Waals surface area contributed by atoms with Crippen molar-refractivity contribution in [2.75, 3.05) is 6.61 Å². The van der Waals surface area contributed by atoms with E-state index in [1.54, 1.807) is 19.3 Å². The summed E-state index contributed by atoms with van der Waals surface area (Å²) in [5.74, 6) is 0.424. The second kappa shape index (κ2) is 4.89. The van der Waals surface area contributed by atoms with Gasteiger partial charge in [0.15, 0.2) is 5.51 Å². The Kier molecular flexibility index (Phi) is 3.31.